The first-order valence-electron chi connectivity index (χ1n) is 12.8. The Kier molecular flexibility index (Phi) is 6.00. The van der Waals surface area contributed by atoms with Crippen LogP contribution in [0.3, 0.4) is 0 Å². The molecule has 1 aliphatic rings. The van der Waals surface area contributed by atoms with Gasteiger partial charge in [0.1, 0.15) is 28.9 Å². The van der Waals surface area contributed by atoms with E-state index in [2.05, 4.69) is 144 Å². The van der Waals surface area contributed by atoms with Gasteiger partial charge in [-0.05, 0) is 58.9 Å². The first kappa shape index (κ1) is 24.6. The molecule has 2 N–H and O–H groups in total. The maximum Gasteiger partial charge on any atom is 0.181 e. The minimum absolute atomic E-state index is 0.0471. The number of aromatic hydroxyl groups is 1. The Balaban J connectivity index is 1.90. The number of benzene rings is 4. The van der Waals surface area contributed by atoms with Gasteiger partial charge in [0.05, 0.1) is 11.3 Å². The lowest BCUT2D eigenvalue weighted by Gasteiger charge is -2.33. The zero-order valence-corrected chi connectivity index (χ0v) is 23.1. The number of phenolic OH excluding ortho intramolecular Hbond substituents is 1. The van der Waals surface area contributed by atoms with Crippen LogP contribution in [0, 0.1) is 0 Å². The molecule has 0 aromatic heterocycles. The first-order chi connectivity index (χ1) is 17.0. The van der Waals surface area contributed by atoms with E-state index in [1.807, 2.05) is 0 Å². The van der Waals surface area contributed by atoms with Crippen molar-refractivity contribution >= 4 is 28.9 Å². The third-order valence-electron chi connectivity index (χ3n) is 7.40. The van der Waals surface area contributed by atoms with E-state index in [-0.39, 0.29) is 16.6 Å². The maximum atomic E-state index is 12.0. The molecule has 0 fully saturated rings. The van der Waals surface area contributed by atoms with E-state index < -0.39 is 7.26 Å². The van der Waals surface area contributed by atoms with Crippen molar-refractivity contribution in [2.45, 2.75) is 58.2 Å². The van der Waals surface area contributed by atoms with Crippen molar-refractivity contribution in [3.63, 3.8) is 0 Å². The second kappa shape index (κ2) is 8.79. The number of para-hydroxylation sites is 1. The summed E-state index contributed by atoms with van der Waals surface area (Å²) in [6.07, 6.45) is 0. The van der Waals surface area contributed by atoms with Crippen molar-refractivity contribution in [2.24, 2.45) is 0 Å². The van der Waals surface area contributed by atoms with Gasteiger partial charge in [-0.2, -0.15) is 0 Å². The lowest BCUT2D eigenvalue weighted by molar-refractivity contribution is 0.438. The van der Waals surface area contributed by atoms with E-state index in [4.69, 9.17) is 0 Å². The van der Waals surface area contributed by atoms with Gasteiger partial charge >= 0.3 is 0 Å². The van der Waals surface area contributed by atoms with Gasteiger partial charge < -0.3 is 10.4 Å². The largest absolute Gasteiger partial charge is 0.507 e. The summed E-state index contributed by atoms with van der Waals surface area (Å²) in [5.74, 6) is 0.333. The lowest BCUT2D eigenvalue weighted by Crippen LogP contribution is -2.32. The van der Waals surface area contributed by atoms with E-state index in [0.717, 1.165) is 16.8 Å². The standard InChI is InChI=1S/C33H36NOP/c1-32(2,3)23-21-26(30(35)27(22-23)33(4,5)6)31-34-28-19-13-14-20-29(28)36(31,24-15-9-7-10-16-24)25-17-11-8-12-18-25/h7-22,31,34H,1-6H3/p+1. The molecular weight excluding hydrogens is 457 g/mol. The average Bonchev–Trinajstić information content (AvgIpc) is 3.19. The van der Waals surface area contributed by atoms with Gasteiger partial charge in [-0.15, -0.1) is 0 Å². The number of hydrogen-bond donors (Lipinski definition) is 2. The van der Waals surface area contributed by atoms with Crippen LogP contribution < -0.4 is 21.2 Å². The first-order valence-corrected chi connectivity index (χ1v) is 14.6. The molecule has 4 aromatic carbocycles. The Morgan fingerprint density at radius 2 is 1.19 bits per heavy atom. The molecule has 1 heterocycles. The summed E-state index contributed by atoms with van der Waals surface area (Å²) >= 11 is 0. The summed E-state index contributed by atoms with van der Waals surface area (Å²) in [6.45, 7) is 13.3. The van der Waals surface area contributed by atoms with Crippen molar-refractivity contribution < 1.29 is 5.11 Å². The molecule has 0 saturated carbocycles. The normalized spacial score (nSPS) is 16.9. The summed E-state index contributed by atoms with van der Waals surface area (Å²) in [7, 11) is -2.22. The molecule has 4 aromatic rings. The molecule has 0 spiro atoms. The number of anilines is 1. The molecule has 1 unspecified atom stereocenters. The molecule has 2 nitrogen and oxygen atoms in total. The van der Waals surface area contributed by atoms with E-state index in [9.17, 15) is 5.11 Å². The van der Waals surface area contributed by atoms with Gasteiger partial charge in [0.2, 0.25) is 0 Å². The highest BCUT2D eigenvalue weighted by molar-refractivity contribution is 7.96. The highest BCUT2D eigenvalue weighted by Gasteiger charge is 2.59. The SMILES string of the molecule is CC(C)(C)c1cc(C2Nc3ccccc3[P+]2(c2ccccc2)c2ccccc2)c(O)c(C(C)(C)C)c1. The summed E-state index contributed by atoms with van der Waals surface area (Å²) in [6, 6.07) is 35.0. The molecule has 1 aliphatic heterocycles. The van der Waals surface area contributed by atoms with E-state index in [0.29, 0.717) is 5.75 Å². The predicted molar refractivity (Wildman–Crippen MR) is 157 cm³/mol. The van der Waals surface area contributed by atoms with Crippen molar-refractivity contribution in [3.8, 4) is 5.75 Å². The average molecular weight is 495 g/mol. The summed E-state index contributed by atoms with van der Waals surface area (Å²) < 4.78 is 0. The zero-order chi connectivity index (χ0) is 25.7. The molecule has 0 bridgehead atoms. The van der Waals surface area contributed by atoms with Gasteiger partial charge in [-0.1, -0.05) is 96.1 Å². The number of rotatable bonds is 3. The second-order valence-electron chi connectivity index (χ2n) is 11.9. The Hall–Kier alpha value is -3.09. The van der Waals surface area contributed by atoms with E-state index >= 15 is 0 Å². The lowest BCUT2D eigenvalue weighted by atomic mass is 9.79. The van der Waals surface area contributed by atoms with Gasteiger partial charge in [-0.3, -0.25) is 0 Å². The van der Waals surface area contributed by atoms with Crippen LogP contribution in [-0.2, 0) is 10.8 Å². The van der Waals surface area contributed by atoms with Crippen molar-refractivity contribution in [2.75, 3.05) is 5.32 Å². The van der Waals surface area contributed by atoms with Crippen LogP contribution in [0.25, 0.3) is 0 Å². The topological polar surface area (TPSA) is 32.3 Å². The highest BCUT2D eigenvalue weighted by Crippen LogP contribution is 2.71. The van der Waals surface area contributed by atoms with Crippen molar-refractivity contribution in [3.05, 3.63) is 114 Å². The Bertz CT molecular complexity index is 1340. The van der Waals surface area contributed by atoms with E-state index in [1.54, 1.807) is 0 Å². The molecule has 5 rings (SSSR count). The highest BCUT2D eigenvalue weighted by atomic mass is 31.2. The van der Waals surface area contributed by atoms with E-state index in [1.165, 1.54) is 21.5 Å². The smallest absolute Gasteiger partial charge is 0.181 e. The van der Waals surface area contributed by atoms with Crippen LogP contribution in [-0.4, -0.2) is 5.11 Å². The third kappa shape index (κ3) is 3.93. The van der Waals surface area contributed by atoms with Crippen molar-refractivity contribution in [1.29, 1.82) is 0 Å². The minimum atomic E-state index is -2.22. The Morgan fingerprint density at radius 3 is 1.72 bits per heavy atom. The number of phenols is 1. The van der Waals surface area contributed by atoms with Gasteiger partial charge in [0.15, 0.2) is 5.78 Å². The van der Waals surface area contributed by atoms with Crippen LogP contribution >= 0.6 is 7.26 Å². The molecule has 0 radical (unpaired) electrons. The van der Waals surface area contributed by atoms with Crippen LogP contribution in [0.4, 0.5) is 5.69 Å². The van der Waals surface area contributed by atoms with Crippen LogP contribution in [0.15, 0.2) is 97.1 Å². The van der Waals surface area contributed by atoms with Crippen LogP contribution in [0.2, 0.25) is 0 Å². The van der Waals surface area contributed by atoms with Gasteiger partial charge in [0, 0.05) is 5.56 Å². The quantitative estimate of drug-likeness (QED) is 0.291. The molecule has 184 valence electrons. The number of nitrogens with one attached hydrogen (secondary N) is 1. The predicted octanol–water partition coefficient (Wildman–Crippen LogP) is 7.41. The van der Waals surface area contributed by atoms with Crippen LogP contribution in [0.1, 0.15) is 64.0 Å². The molecule has 3 heteroatoms. The Labute approximate surface area is 216 Å². The number of hydrogen-bond acceptors (Lipinski definition) is 2. The molecular formula is C33H37NOP+. The second-order valence-corrected chi connectivity index (χ2v) is 15.4. The maximum absolute atomic E-state index is 12.0. The van der Waals surface area contributed by atoms with Gasteiger partial charge in [0.25, 0.3) is 0 Å². The third-order valence-corrected chi connectivity index (χ3v) is 12.0. The molecule has 0 saturated heterocycles. The number of fused-ring (bicyclic) bond motifs is 1. The summed E-state index contributed by atoms with van der Waals surface area (Å²) in [5.41, 5.74) is 4.16. The van der Waals surface area contributed by atoms with Gasteiger partial charge in [-0.25, -0.2) is 0 Å². The van der Waals surface area contributed by atoms with Crippen molar-refractivity contribution in [1.82, 2.24) is 0 Å². The summed E-state index contributed by atoms with van der Waals surface area (Å²) in [4.78, 5) is 0. The fraction of sp³-hybridized carbons (Fsp3) is 0.273. The monoisotopic (exact) mass is 494 g/mol. The Morgan fingerprint density at radius 1 is 0.667 bits per heavy atom. The van der Waals surface area contributed by atoms with Crippen LogP contribution in [0.5, 0.6) is 5.75 Å². The molecule has 0 aliphatic carbocycles. The zero-order valence-electron chi connectivity index (χ0n) is 22.2. The molecule has 0 amide bonds. The fourth-order valence-corrected chi connectivity index (χ4v) is 10.3. The molecule has 1 atom stereocenters. The molecule has 36 heavy (non-hydrogen) atoms. The minimum Gasteiger partial charge on any atom is -0.507 e. The summed E-state index contributed by atoms with van der Waals surface area (Å²) in [5, 5.41) is 19.9. The fourth-order valence-electron chi connectivity index (χ4n) is 5.49.